The smallest absolute Gasteiger partial charge is 0.462 e. The van der Waals surface area contributed by atoms with Gasteiger partial charge in [-0.3, -0.25) is 0 Å². The van der Waals surface area contributed by atoms with Crippen LogP contribution in [0.1, 0.15) is 11.1 Å². The Labute approximate surface area is 200 Å². The molecule has 0 bridgehead atoms. The van der Waals surface area contributed by atoms with Gasteiger partial charge in [-0.1, -0.05) is 29.3 Å². The van der Waals surface area contributed by atoms with Gasteiger partial charge in [-0.2, -0.15) is 35.8 Å². The van der Waals surface area contributed by atoms with E-state index in [2.05, 4.69) is 5.10 Å². The lowest BCUT2D eigenvalue weighted by Crippen LogP contribution is -2.58. The minimum absolute atomic E-state index is 0.0320. The minimum Gasteiger partial charge on any atom is -0.493 e. The molecule has 0 spiro atoms. The zero-order chi connectivity index (χ0) is 24.3. The normalized spacial score (nSPS) is 12.8. The Hall–Kier alpha value is -1.67. The number of hydrogen-bond donors (Lipinski definition) is 1. The first-order valence-corrected chi connectivity index (χ1v) is 10.1. The van der Waals surface area contributed by atoms with Crippen LogP contribution in [0.2, 0.25) is 10.0 Å². The Morgan fingerprint density at radius 1 is 1.03 bits per heavy atom. The van der Waals surface area contributed by atoms with E-state index in [4.69, 9.17) is 32.7 Å². The number of halogens is 10. The lowest BCUT2D eigenvalue weighted by Gasteiger charge is -2.27. The van der Waals surface area contributed by atoms with Gasteiger partial charge in [-0.15, -0.1) is 0 Å². The fourth-order valence-corrected chi connectivity index (χ4v) is 3.15. The van der Waals surface area contributed by atoms with Crippen molar-refractivity contribution in [2.75, 3.05) is 7.11 Å². The number of rotatable bonds is 8. The summed E-state index contributed by atoms with van der Waals surface area (Å²) < 4.78 is 101. The molecule has 2 rings (SSSR count). The predicted molar refractivity (Wildman–Crippen MR) is 113 cm³/mol. The number of nitrogens with zero attached hydrogens (tertiary/aromatic N) is 1. The molecule has 0 radical (unpaired) electrons. The molecule has 1 N–H and O–H groups in total. The van der Waals surface area contributed by atoms with Crippen LogP contribution in [0.25, 0.3) is 0 Å². The molecule has 0 aliphatic heterocycles. The Morgan fingerprint density at radius 2 is 1.69 bits per heavy atom. The second kappa shape index (κ2) is 10.1. The van der Waals surface area contributed by atoms with Crippen LogP contribution < -0.4 is 14.9 Å². The quantitative estimate of drug-likeness (QED) is 0.115. The number of hydrogen-bond acceptors (Lipinski definition) is 4. The lowest BCUT2D eigenvalue weighted by molar-refractivity contribution is -0.361. The van der Waals surface area contributed by atoms with E-state index in [1.54, 1.807) is 6.07 Å². The highest BCUT2D eigenvalue weighted by molar-refractivity contribution is 14.1. The number of benzene rings is 2. The SMILES string of the molecule is COc1cc(I)cc(/C=N\NC(F)(F)C(F)(F)C(F)(F)F)c1OCc1ccc(Cl)c(Cl)c1. The molecule has 2 aromatic rings. The van der Waals surface area contributed by atoms with Crippen molar-refractivity contribution in [3.8, 4) is 11.5 Å². The summed E-state index contributed by atoms with van der Waals surface area (Å²) in [6.07, 6.45) is -5.88. The Bertz CT molecular complexity index is 1000. The molecular weight excluding hydrogens is 607 g/mol. The van der Waals surface area contributed by atoms with E-state index in [0.717, 1.165) is 0 Å². The van der Waals surface area contributed by atoms with Crippen molar-refractivity contribution >= 4 is 52.0 Å². The van der Waals surface area contributed by atoms with Crippen molar-refractivity contribution in [3.05, 3.63) is 55.1 Å². The first-order valence-electron chi connectivity index (χ1n) is 8.26. The molecule has 0 atom stereocenters. The van der Waals surface area contributed by atoms with Crippen LogP contribution >= 0.6 is 45.8 Å². The van der Waals surface area contributed by atoms with Crippen LogP contribution in [0.4, 0.5) is 30.7 Å². The van der Waals surface area contributed by atoms with E-state index in [-0.39, 0.29) is 28.7 Å². The third-order valence-electron chi connectivity index (χ3n) is 3.79. The number of ether oxygens (including phenoxy) is 2. The summed E-state index contributed by atoms with van der Waals surface area (Å²) in [5.74, 6) is -6.26. The average molecular weight is 619 g/mol. The highest BCUT2D eigenvalue weighted by Gasteiger charge is 2.73. The molecule has 0 saturated carbocycles. The summed E-state index contributed by atoms with van der Waals surface area (Å²) in [5.41, 5.74) is 1.09. The summed E-state index contributed by atoms with van der Waals surface area (Å²) in [6, 6.07) is 1.80. The van der Waals surface area contributed by atoms with Gasteiger partial charge in [0.15, 0.2) is 11.5 Å². The molecule has 0 aromatic heterocycles. The van der Waals surface area contributed by atoms with Gasteiger partial charge in [0.25, 0.3) is 0 Å². The summed E-state index contributed by atoms with van der Waals surface area (Å²) in [7, 11) is 1.29. The fraction of sp³-hybridized carbons (Fsp3) is 0.278. The summed E-state index contributed by atoms with van der Waals surface area (Å²) in [5, 5.41) is 3.42. The summed E-state index contributed by atoms with van der Waals surface area (Å²) >= 11 is 13.6. The maximum atomic E-state index is 13.4. The number of alkyl halides is 7. The molecule has 0 aliphatic rings. The van der Waals surface area contributed by atoms with Gasteiger partial charge in [0, 0.05) is 9.13 Å². The molecule has 0 heterocycles. The third-order valence-corrected chi connectivity index (χ3v) is 5.16. The van der Waals surface area contributed by atoms with Crippen molar-refractivity contribution in [2.24, 2.45) is 5.10 Å². The van der Waals surface area contributed by atoms with Gasteiger partial charge in [0.1, 0.15) is 6.61 Å². The minimum atomic E-state index is -6.49. The molecule has 0 unspecified atom stereocenters. The summed E-state index contributed by atoms with van der Waals surface area (Å²) in [6.45, 7) is -0.0928. The van der Waals surface area contributed by atoms with Crippen LogP contribution in [0.3, 0.4) is 0 Å². The number of nitrogens with one attached hydrogen (secondary N) is 1. The monoisotopic (exact) mass is 618 g/mol. The Kier molecular flexibility index (Phi) is 8.37. The van der Waals surface area contributed by atoms with Gasteiger partial charge in [0.05, 0.1) is 23.4 Å². The standard InChI is InChI=1S/C18H12Cl2F7IN2O2/c1-31-14-6-11(28)5-10(7-29-30-18(26,27)16(21,22)17(23,24)25)15(14)32-8-9-2-3-12(19)13(20)4-9/h2-7,30H,8H2,1H3/b29-7-. The van der Waals surface area contributed by atoms with Crippen LogP contribution in [-0.2, 0) is 6.61 Å². The second-order valence-electron chi connectivity index (χ2n) is 6.08. The highest BCUT2D eigenvalue weighted by Crippen LogP contribution is 2.45. The lowest BCUT2D eigenvalue weighted by atomic mass is 10.2. The van der Waals surface area contributed by atoms with Crippen LogP contribution in [0.15, 0.2) is 35.4 Å². The van der Waals surface area contributed by atoms with Gasteiger partial charge in [0.2, 0.25) is 0 Å². The van der Waals surface area contributed by atoms with Crippen molar-refractivity contribution in [1.82, 2.24) is 5.43 Å². The van der Waals surface area contributed by atoms with E-state index in [1.165, 1.54) is 31.4 Å². The van der Waals surface area contributed by atoms with E-state index < -0.39 is 18.1 Å². The molecule has 32 heavy (non-hydrogen) atoms. The van der Waals surface area contributed by atoms with Crippen LogP contribution in [0, 0.1) is 3.57 Å². The molecule has 0 aliphatic carbocycles. The van der Waals surface area contributed by atoms with Crippen molar-refractivity contribution in [2.45, 2.75) is 24.8 Å². The average Bonchev–Trinajstić information content (AvgIpc) is 2.68. The predicted octanol–water partition coefficient (Wildman–Crippen LogP) is 6.90. The second-order valence-corrected chi connectivity index (χ2v) is 8.14. The molecule has 0 saturated heterocycles. The molecule has 176 valence electrons. The molecule has 2 aromatic carbocycles. The number of methoxy groups -OCH3 is 1. The molecular formula is C18H12Cl2F7IN2O2. The van der Waals surface area contributed by atoms with Crippen molar-refractivity contribution in [1.29, 1.82) is 0 Å². The van der Waals surface area contributed by atoms with Crippen LogP contribution in [-0.4, -0.2) is 31.5 Å². The van der Waals surface area contributed by atoms with Crippen molar-refractivity contribution in [3.63, 3.8) is 0 Å². The first kappa shape index (κ1) is 26.6. The maximum absolute atomic E-state index is 13.4. The van der Waals surface area contributed by atoms with Gasteiger partial charge in [-0.25, -0.2) is 5.43 Å². The van der Waals surface area contributed by atoms with Crippen LogP contribution in [0.5, 0.6) is 11.5 Å². The zero-order valence-electron chi connectivity index (χ0n) is 15.7. The molecule has 14 heteroatoms. The van der Waals surface area contributed by atoms with E-state index in [1.807, 2.05) is 22.6 Å². The molecule has 0 fully saturated rings. The molecule has 0 amide bonds. The molecule has 4 nitrogen and oxygen atoms in total. The van der Waals surface area contributed by atoms with Crippen molar-refractivity contribution < 1.29 is 40.2 Å². The Balaban J connectivity index is 2.31. The van der Waals surface area contributed by atoms with E-state index in [9.17, 15) is 30.7 Å². The number of hydrazone groups is 1. The fourth-order valence-electron chi connectivity index (χ4n) is 2.21. The zero-order valence-corrected chi connectivity index (χ0v) is 19.4. The summed E-state index contributed by atoms with van der Waals surface area (Å²) in [4.78, 5) is 0. The van der Waals surface area contributed by atoms with E-state index in [0.29, 0.717) is 25.8 Å². The topological polar surface area (TPSA) is 42.8 Å². The Morgan fingerprint density at radius 3 is 2.25 bits per heavy atom. The highest BCUT2D eigenvalue weighted by atomic mass is 127. The largest absolute Gasteiger partial charge is 0.493 e. The van der Waals surface area contributed by atoms with E-state index >= 15 is 0 Å². The maximum Gasteiger partial charge on any atom is 0.462 e. The van der Waals surface area contributed by atoms with Gasteiger partial charge in [-0.05, 0) is 52.4 Å². The van der Waals surface area contributed by atoms with Gasteiger partial charge < -0.3 is 9.47 Å². The van der Waals surface area contributed by atoms with Gasteiger partial charge >= 0.3 is 18.1 Å². The first-order chi connectivity index (χ1) is 14.7. The third kappa shape index (κ3) is 6.01.